The van der Waals surface area contributed by atoms with Crippen molar-refractivity contribution in [2.24, 2.45) is 34.5 Å². The van der Waals surface area contributed by atoms with E-state index in [0.29, 0.717) is 11.8 Å². The summed E-state index contributed by atoms with van der Waals surface area (Å²) in [6.07, 6.45) is 12.2. The average Bonchev–Trinajstić information content (AvgIpc) is 2.83. The van der Waals surface area contributed by atoms with Gasteiger partial charge in [-0.3, -0.25) is 9.59 Å². The number of aliphatic hydroxyl groups is 1. The number of hydrogen-bond donors (Lipinski definition) is 1. The Bertz CT molecular complexity index is 670. The molecule has 3 heteroatoms. The number of carbonyl (C=O) groups excluding carboxylic acids is 2. The average molecular weight is 312 g/mol. The fourth-order valence-electron chi connectivity index (χ4n) is 5.87. The van der Waals surface area contributed by atoms with E-state index in [-0.39, 0.29) is 40.8 Å². The van der Waals surface area contributed by atoms with Crippen LogP contribution in [0.5, 0.6) is 0 Å². The van der Waals surface area contributed by atoms with E-state index in [1.54, 1.807) is 18.2 Å². The van der Waals surface area contributed by atoms with Gasteiger partial charge in [0.05, 0.1) is 0 Å². The van der Waals surface area contributed by atoms with Gasteiger partial charge in [0.25, 0.3) is 0 Å². The van der Waals surface area contributed by atoms with Crippen molar-refractivity contribution >= 4 is 11.6 Å². The van der Waals surface area contributed by atoms with Crippen LogP contribution in [-0.2, 0) is 9.59 Å². The minimum Gasteiger partial charge on any atom is -0.396 e. The first-order valence-electron chi connectivity index (χ1n) is 8.69. The molecular weight excluding hydrogens is 288 g/mol. The van der Waals surface area contributed by atoms with Crippen molar-refractivity contribution in [2.75, 3.05) is 6.61 Å². The molecule has 5 unspecified atom stereocenters. The van der Waals surface area contributed by atoms with Crippen LogP contribution < -0.4 is 0 Å². The Labute approximate surface area is 137 Å². The molecule has 0 heterocycles. The van der Waals surface area contributed by atoms with Crippen molar-refractivity contribution < 1.29 is 14.7 Å². The van der Waals surface area contributed by atoms with E-state index < -0.39 is 0 Å². The Balaban J connectivity index is 1.78. The minimum absolute atomic E-state index is 0.0293. The van der Waals surface area contributed by atoms with Crippen LogP contribution in [0.1, 0.15) is 33.1 Å². The summed E-state index contributed by atoms with van der Waals surface area (Å²) in [7, 11) is 0. The Hall–Kier alpha value is -1.48. The standard InChI is InChI=1S/C20H24O3/c1-19-7-5-13(22)10-17(19)12(11-21)9-14-15-3-4-18(23)20(15,2)8-6-16(14)19/h3-5,7,10,12,14-16,21H,6,8-9,11H2,1-2H3/t12?,14?,15?,16?,19?,20-/m0/s1. The van der Waals surface area contributed by atoms with E-state index in [4.69, 9.17) is 0 Å². The third-order valence-electron chi connectivity index (χ3n) is 7.21. The quantitative estimate of drug-likeness (QED) is 0.810. The second kappa shape index (κ2) is 4.76. The highest BCUT2D eigenvalue weighted by Crippen LogP contribution is 2.63. The SMILES string of the molecule is CC12C=CC(=O)C=C1C(CO)CC1C2CC[C@]2(C)C(=O)C=CC12. The second-order valence-corrected chi connectivity index (χ2v) is 8.21. The van der Waals surface area contributed by atoms with Crippen LogP contribution in [-0.4, -0.2) is 23.3 Å². The van der Waals surface area contributed by atoms with Crippen molar-refractivity contribution in [3.05, 3.63) is 36.0 Å². The lowest BCUT2D eigenvalue weighted by Crippen LogP contribution is -2.52. The first-order chi connectivity index (χ1) is 10.9. The lowest BCUT2D eigenvalue weighted by Gasteiger charge is -2.57. The van der Waals surface area contributed by atoms with E-state index in [0.717, 1.165) is 24.8 Å². The molecule has 0 aromatic rings. The van der Waals surface area contributed by atoms with Crippen LogP contribution in [0.3, 0.4) is 0 Å². The summed E-state index contributed by atoms with van der Waals surface area (Å²) >= 11 is 0. The van der Waals surface area contributed by atoms with Crippen LogP contribution in [0.2, 0.25) is 0 Å². The molecule has 122 valence electrons. The Morgan fingerprint density at radius 3 is 2.78 bits per heavy atom. The van der Waals surface area contributed by atoms with Gasteiger partial charge in [-0.05, 0) is 55.2 Å². The van der Waals surface area contributed by atoms with Crippen molar-refractivity contribution in [1.82, 2.24) is 0 Å². The highest BCUT2D eigenvalue weighted by Gasteiger charge is 2.58. The molecule has 0 aromatic heterocycles. The smallest absolute Gasteiger partial charge is 0.178 e. The molecule has 0 aliphatic heterocycles. The summed E-state index contributed by atoms with van der Waals surface area (Å²) in [5, 5.41) is 9.92. The molecule has 4 rings (SSSR count). The number of fused-ring (bicyclic) bond motifs is 5. The van der Waals surface area contributed by atoms with Crippen molar-refractivity contribution in [3.8, 4) is 0 Å². The van der Waals surface area contributed by atoms with Crippen LogP contribution in [0, 0.1) is 34.5 Å². The van der Waals surface area contributed by atoms with Gasteiger partial charge in [0, 0.05) is 23.4 Å². The topological polar surface area (TPSA) is 54.4 Å². The van der Waals surface area contributed by atoms with E-state index in [1.807, 2.05) is 0 Å². The lowest BCUT2D eigenvalue weighted by molar-refractivity contribution is -0.130. The predicted octanol–water partition coefficient (Wildman–Crippen LogP) is 2.86. The molecule has 2 fully saturated rings. The maximum atomic E-state index is 12.4. The lowest BCUT2D eigenvalue weighted by atomic mass is 9.46. The van der Waals surface area contributed by atoms with Crippen LogP contribution >= 0.6 is 0 Å². The van der Waals surface area contributed by atoms with Crippen molar-refractivity contribution in [3.63, 3.8) is 0 Å². The molecule has 0 amide bonds. The molecule has 23 heavy (non-hydrogen) atoms. The van der Waals surface area contributed by atoms with E-state index in [1.165, 1.54) is 0 Å². The van der Waals surface area contributed by atoms with Crippen LogP contribution in [0.4, 0.5) is 0 Å². The van der Waals surface area contributed by atoms with Gasteiger partial charge in [-0.1, -0.05) is 31.6 Å². The van der Waals surface area contributed by atoms with E-state index in [2.05, 4.69) is 26.0 Å². The summed E-state index contributed by atoms with van der Waals surface area (Å²) in [4.78, 5) is 24.2. The third kappa shape index (κ3) is 1.86. The molecule has 6 atom stereocenters. The Morgan fingerprint density at radius 2 is 2.04 bits per heavy atom. The van der Waals surface area contributed by atoms with Gasteiger partial charge in [0.2, 0.25) is 0 Å². The molecule has 3 nitrogen and oxygen atoms in total. The Morgan fingerprint density at radius 1 is 1.26 bits per heavy atom. The number of carbonyl (C=O) groups is 2. The molecule has 0 bridgehead atoms. The fraction of sp³-hybridized carbons (Fsp3) is 0.600. The Kier molecular flexibility index (Phi) is 3.12. The number of aliphatic hydroxyl groups excluding tert-OH is 1. The molecule has 0 spiro atoms. The van der Waals surface area contributed by atoms with E-state index in [9.17, 15) is 14.7 Å². The van der Waals surface area contributed by atoms with Gasteiger partial charge in [0.15, 0.2) is 11.6 Å². The van der Waals surface area contributed by atoms with Gasteiger partial charge < -0.3 is 5.11 Å². The zero-order valence-electron chi connectivity index (χ0n) is 13.8. The molecule has 0 saturated heterocycles. The maximum Gasteiger partial charge on any atom is 0.178 e. The summed E-state index contributed by atoms with van der Waals surface area (Å²) in [6, 6.07) is 0. The molecule has 4 aliphatic carbocycles. The zero-order valence-corrected chi connectivity index (χ0v) is 13.8. The first-order valence-corrected chi connectivity index (χ1v) is 8.69. The number of allylic oxidation sites excluding steroid dienone is 5. The molecule has 0 radical (unpaired) electrons. The summed E-state index contributed by atoms with van der Waals surface area (Å²) in [5.41, 5.74) is 0.684. The minimum atomic E-state index is -0.257. The first kappa shape index (κ1) is 15.1. The monoisotopic (exact) mass is 312 g/mol. The number of rotatable bonds is 1. The molecule has 1 N–H and O–H groups in total. The second-order valence-electron chi connectivity index (χ2n) is 8.21. The largest absolute Gasteiger partial charge is 0.396 e. The van der Waals surface area contributed by atoms with Gasteiger partial charge >= 0.3 is 0 Å². The van der Waals surface area contributed by atoms with E-state index >= 15 is 0 Å². The molecule has 4 aliphatic rings. The number of hydrogen-bond acceptors (Lipinski definition) is 3. The highest BCUT2D eigenvalue weighted by atomic mass is 16.3. The van der Waals surface area contributed by atoms with Crippen molar-refractivity contribution in [2.45, 2.75) is 33.1 Å². The highest BCUT2D eigenvalue weighted by molar-refractivity contribution is 6.01. The summed E-state index contributed by atoms with van der Waals surface area (Å²) in [5.74, 6) is 1.44. The van der Waals surface area contributed by atoms with Crippen LogP contribution in [0.25, 0.3) is 0 Å². The predicted molar refractivity (Wildman–Crippen MR) is 87.5 cm³/mol. The molecule has 0 aromatic carbocycles. The van der Waals surface area contributed by atoms with Gasteiger partial charge in [0.1, 0.15) is 0 Å². The van der Waals surface area contributed by atoms with Crippen LogP contribution in [0.15, 0.2) is 36.0 Å². The van der Waals surface area contributed by atoms with Gasteiger partial charge in [-0.15, -0.1) is 0 Å². The maximum absolute atomic E-state index is 12.4. The summed E-state index contributed by atoms with van der Waals surface area (Å²) in [6.45, 7) is 4.40. The normalized spacial score (nSPS) is 47.9. The fourth-order valence-corrected chi connectivity index (χ4v) is 5.87. The summed E-state index contributed by atoms with van der Waals surface area (Å²) < 4.78 is 0. The number of ketones is 2. The zero-order chi connectivity index (χ0) is 16.4. The third-order valence-corrected chi connectivity index (χ3v) is 7.21. The van der Waals surface area contributed by atoms with Gasteiger partial charge in [-0.25, -0.2) is 0 Å². The molecular formula is C20H24O3. The van der Waals surface area contributed by atoms with Gasteiger partial charge in [-0.2, -0.15) is 0 Å². The van der Waals surface area contributed by atoms with Crippen molar-refractivity contribution in [1.29, 1.82) is 0 Å². The molecule has 2 saturated carbocycles.